The normalized spacial score (nSPS) is 12.1. The summed E-state index contributed by atoms with van der Waals surface area (Å²) in [7, 11) is 2.79. The van der Waals surface area contributed by atoms with Crippen molar-refractivity contribution in [3.63, 3.8) is 0 Å². The molecule has 3 N–H and O–H groups in total. The number of aromatic nitrogens is 4. The first kappa shape index (κ1) is 21.1. The number of imidazole rings is 1. The van der Waals surface area contributed by atoms with E-state index >= 15 is 0 Å². The number of fused-ring (bicyclic) bond motifs is 1. The minimum Gasteiger partial charge on any atom is -0.491 e. The molecule has 0 saturated heterocycles. The van der Waals surface area contributed by atoms with Gasteiger partial charge in [0.2, 0.25) is 5.95 Å². The molecule has 0 radical (unpaired) electrons. The minimum absolute atomic E-state index is 0.0556. The summed E-state index contributed by atoms with van der Waals surface area (Å²) in [5, 5.41) is 22.1. The van der Waals surface area contributed by atoms with Crippen LogP contribution in [0.15, 0.2) is 33.9 Å². The van der Waals surface area contributed by atoms with E-state index in [0.717, 1.165) is 10.1 Å². The van der Waals surface area contributed by atoms with E-state index < -0.39 is 29.9 Å². The van der Waals surface area contributed by atoms with Crippen LogP contribution in [0.5, 0.6) is 5.75 Å². The highest BCUT2D eigenvalue weighted by molar-refractivity contribution is 5.76. The van der Waals surface area contributed by atoms with Crippen LogP contribution in [-0.2, 0) is 25.4 Å². The number of aryl methyl sites for hydroxylation is 2. The number of carboxylic acid groups (broad SMARTS) is 1. The zero-order chi connectivity index (χ0) is 22.0. The van der Waals surface area contributed by atoms with E-state index in [1.165, 1.54) is 23.2 Å². The summed E-state index contributed by atoms with van der Waals surface area (Å²) >= 11 is 0. The van der Waals surface area contributed by atoms with Crippen molar-refractivity contribution in [2.24, 2.45) is 14.1 Å². The van der Waals surface area contributed by atoms with Crippen LogP contribution in [0.2, 0.25) is 0 Å². The Morgan fingerprint density at radius 3 is 2.50 bits per heavy atom. The SMILES string of the molecule is Cc1ccc(OC[C@H](O)Cn2c(NCC(=O)O)nc3c2c(=O)n(C)c(=O)n3C)cc1. The van der Waals surface area contributed by atoms with Gasteiger partial charge in [0.15, 0.2) is 11.2 Å². The second-order valence-corrected chi connectivity index (χ2v) is 6.95. The number of hydrogen-bond acceptors (Lipinski definition) is 7. The first-order chi connectivity index (χ1) is 14.2. The molecule has 160 valence electrons. The second kappa shape index (κ2) is 8.41. The third kappa shape index (κ3) is 4.20. The van der Waals surface area contributed by atoms with Crippen LogP contribution >= 0.6 is 0 Å². The van der Waals surface area contributed by atoms with E-state index in [9.17, 15) is 19.5 Å². The average molecular weight is 417 g/mol. The molecule has 11 heteroatoms. The van der Waals surface area contributed by atoms with Crippen LogP contribution in [0.1, 0.15) is 5.56 Å². The van der Waals surface area contributed by atoms with Crippen LogP contribution in [-0.4, -0.2) is 54.1 Å². The molecule has 1 atom stereocenters. The van der Waals surface area contributed by atoms with Gasteiger partial charge >= 0.3 is 11.7 Å². The smallest absolute Gasteiger partial charge is 0.332 e. The molecule has 0 aliphatic heterocycles. The monoisotopic (exact) mass is 417 g/mol. The predicted molar refractivity (Wildman–Crippen MR) is 109 cm³/mol. The first-order valence-electron chi connectivity index (χ1n) is 9.18. The Labute approximate surface area is 170 Å². The van der Waals surface area contributed by atoms with E-state index in [2.05, 4.69) is 10.3 Å². The predicted octanol–water partition coefficient (Wildman–Crippen LogP) is -0.321. The largest absolute Gasteiger partial charge is 0.491 e. The number of rotatable bonds is 8. The van der Waals surface area contributed by atoms with E-state index in [4.69, 9.17) is 9.84 Å². The summed E-state index contributed by atoms with van der Waals surface area (Å²) in [5.41, 5.74) is 0.0636. The number of carbonyl (C=O) groups is 1. The number of hydrogen-bond donors (Lipinski definition) is 3. The third-order valence-corrected chi connectivity index (χ3v) is 4.60. The number of anilines is 1. The van der Waals surface area contributed by atoms with Gasteiger partial charge in [0, 0.05) is 14.1 Å². The molecule has 11 nitrogen and oxygen atoms in total. The van der Waals surface area contributed by atoms with Crippen LogP contribution in [0.25, 0.3) is 11.2 Å². The lowest BCUT2D eigenvalue weighted by Crippen LogP contribution is -2.38. The van der Waals surface area contributed by atoms with Crippen molar-refractivity contribution in [2.45, 2.75) is 19.6 Å². The summed E-state index contributed by atoms with van der Waals surface area (Å²) in [6.45, 7) is 1.33. The molecule has 0 bridgehead atoms. The molecule has 30 heavy (non-hydrogen) atoms. The highest BCUT2D eigenvalue weighted by Gasteiger charge is 2.21. The standard InChI is InChI=1S/C19H23N5O6/c1-11-4-6-13(7-5-11)30-10-12(25)9-24-15-16(21-18(24)20-8-14(26)27)22(2)19(29)23(3)17(15)28/h4-7,12,25H,8-10H2,1-3H3,(H,20,21)(H,26,27)/t12-/m1/s1. The molecular weight excluding hydrogens is 394 g/mol. The Morgan fingerprint density at radius 2 is 1.87 bits per heavy atom. The molecule has 3 aromatic rings. The summed E-state index contributed by atoms with van der Waals surface area (Å²) in [6.07, 6.45) is -1.03. The van der Waals surface area contributed by atoms with Gasteiger partial charge in [-0.15, -0.1) is 0 Å². The lowest BCUT2D eigenvalue weighted by atomic mass is 10.2. The van der Waals surface area contributed by atoms with Gasteiger partial charge in [-0.25, -0.2) is 4.79 Å². The molecule has 2 heterocycles. The first-order valence-corrected chi connectivity index (χ1v) is 9.18. The third-order valence-electron chi connectivity index (χ3n) is 4.60. The Bertz CT molecular complexity index is 1190. The maximum Gasteiger partial charge on any atom is 0.332 e. The number of carboxylic acids is 1. The number of nitrogens with zero attached hydrogens (tertiary/aromatic N) is 4. The van der Waals surface area contributed by atoms with Crippen molar-refractivity contribution >= 4 is 23.1 Å². The Balaban J connectivity index is 1.94. The zero-order valence-electron chi connectivity index (χ0n) is 16.8. The number of aliphatic carboxylic acids is 1. The molecule has 0 unspecified atom stereocenters. The fourth-order valence-corrected chi connectivity index (χ4v) is 3.00. The maximum absolute atomic E-state index is 12.7. The summed E-state index contributed by atoms with van der Waals surface area (Å²) < 4.78 is 9.06. The fourth-order valence-electron chi connectivity index (χ4n) is 3.00. The van der Waals surface area contributed by atoms with Gasteiger partial charge in [-0.3, -0.25) is 18.7 Å². The molecule has 0 amide bonds. The highest BCUT2D eigenvalue weighted by atomic mass is 16.5. The lowest BCUT2D eigenvalue weighted by molar-refractivity contribution is -0.134. The molecule has 0 saturated carbocycles. The molecule has 0 spiro atoms. The van der Waals surface area contributed by atoms with Crippen molar-refractivity contribution < 1.29 is 19.7 Å². The van der Waals surface area contributed by atoms with E-state index in [1.807, 2.05) is 19.1 Å². The van der Waals surface area contributed by atoms with E-state index in [0.29, 0.717) is 5.75 Å². The maximum atomic E-state index is 12.7. The number of nitrogens with one attached hydrogen (secondary N) is 1. The number of benzene rings is 1. The number of aliphatic hydroxyl groups is 1. The van der Waals surface area contributed by atoms with Crippen molar-refractivity contribution in [3.05, 3.63) is 50.7 Å². The number of aliphatic hydroxyl groups excluding tert-OH is 1. The summed E-state index contributed by atoms with van der Waals surface area (Å²) in [4.78, 5) is 40.1. The van der Waals surface area contributed by atoms with Crippen molar-refractivity contribution in [2.75, 3.05) is 18.5 Å². The van der Waals surface area contributed by atoms with Gasteiger partial charge < -0.3 is 24.8 Å². The summed E-state index contributed by atoms with van der Waals surface area (Å²) in [6, 6.07) is 7.31. The second-order valence-electron chi connectivity index (χ2n) is 6.95. The molecule has 0 aliphatic carbocycles. The Hall–Kier alpha value is -3.60. The topological polar surface area (TPSA) is 141 Å². The minimum atomic E-state index is -1.13. The quantitative estimate of drug-likeness (QED) is 0.453. The molecule has 0 fully saturated rings. The molecular formula is C19H23N5O6. The van der Waals surface area contributed by atoms with Crippen molar-refractivity contribution in [1.29, 1.82) is 0 Å². The number of ether oxygens (including phenoxy) is 1. The molecule has 0 aliphatic rings. The average Bonchev–Trinajstić information content (AvgIpc) is 3.07. The zero-order valence-corrected chi connectivity index (χ0v) is 16.8. The van der Waals surface area contributed by atoms with Gasteiger partial charge in [-0.1, -0.05) is 17.7 Å². The molecule has 2 aromatic heterocycles. The highest BCUT2D eigenvalue weighted by Crippen LogP contribution is 2.17. The Morgan fingerprint density at radius 1 is 1.20 bits per heavy atom. The van der Waals surface area contributed by atoms with Crippen LogP contribution in [0.4, 0.5) is 5.95 Å². The summed E-state index contributed by atoms with van der Waals surface area (Å²) in [5.74, 6) is -0.489. The van der Waals surface area contributed by atoms with Crippen molar-refractivity contribution in [3.8, 4) is 5.75 Å². The van der Waals surface area contributed by atoms with Crippen LogP contribution < -0.4 is 21.3 Å². The van der Waals surface area contributed by atoms with Gasteiger partial charge in [-0.2, -0.15) is 4.98 Å². The molecule has 3 rings (SSSR count). The van der Waals surface area contributed by atoms with E-state index in [-0.39, 0.29) is 30.3 Å². The van der Waals surface area contributed by atoms with Gasteiger partial charge in [-0.05, 0) is 19.1 Å². The van der Waals surface area contributed by atoms with Crippen LogP contribution in [0, 0.1) is 6.92 Å². The van der Waals surface area contributed by atoms with Gasteiger partial charge in [0.25, 0.3) is 5.56 Å². The van der Waals surface area contributed by atoms with Crippen molar-refractivity contribution in [1.82, 2.24) is 18.7 Å². The lowest BCUT2D eigenvalue weighted by Gasteiger charge is -2.16. The van der Waals surface area contributed by atoms with E-state index in [1.54, 1.807) is 12.1 Å². The Kier molecular flexibility index (Phi) is 5.92. The fraction of sp³-hybridized carbons (Fsp3) is 0.368. The van der Waals surface area contributed by atoms with Crippen LogP contribution in [0.3, 0.4) is 0 Å². The van der Waals surface area contributed by atoms with Gasteiger partial charge in [0.1, 0.15) is 25.0 Å². The molecule has 1 aromatic carbocycles. The van der Waals surface area contributed by atoms with Gasteiger partial charge in [0.05, 0.1) is 6.54 Å².